The van der Waals surface area contributed by atoms with E-state index in [9.17, 15) is 9.90 Å². The molecule has 30 heavy (non-hydrogen) atoms. The molecule has 0 saturated heterocycles. The molecule has 0 spiro atoms. The van der Waals surface area contributed by atoms with Crippen molar-refractivity contribution >= 4 is 60.8 Å². The highest BCUT2D eigenvalue weighted by Crippen LogP contribution is 2.31. The number of anilines is 4. The van der Waals surface area contributed by atoms with Crippen LogP contribution in [0.4, 0.5) is 21.9 Å². The van der Waals surface area contributed by atoms with E-state index in [2.05, 4.69) is 30.8 Å². The van der Waals surface area contributed by atoms with Gasteiger partial charge in [-0.05, 0) is 26.0 Å². The van der Waals surface area contributed by atoms with Gasteiger partial charge in [0.05, 0.1) is 23.4 Å². The van der Waals surface area contributed by atoms with Crippen LogP contribution in [0.1, 0.15) is 28.5 Å². The van der Waals surface area contributed by atoms with Crippen molar-refractivity contribution in [3.05, 3.63) is 46.5 Å². The van der Waals surface area contributed by atoms with Gasteiger partial charge in [-0.25, -0.2) is 14.8 Å². The minimum atomic E-state index is -0.476. The number of para-hydroxylation sites is 1. The molecule has 3 heterocycles. The normalized spacial score (nSPS) is 10.9. The molecule has 4 aromatic rings. The van der Waals surface area contributed by atoms with E-state index in [1.807, 2.05) is 31.2 Å². The van der Waals surface area contributed by atoms with Crippen LogP contribution < -0.4 is 10.6 Å². The van der Waals surface area contributed by atoms with E-state index in [0.29, 0.717) is 33.0 Å². The van der Waals surface area contributed by atoms with Crippen LogP contribution >= 0.6 is 22.7 Å². The Morgan fingerprint density at radius 3 is 2.67 bits per heavy atom. The van der Waals surface area contributed by atoms with E-state index >= 15 is 0 Å². The first-order valence-electron chi connectivity index (χ1n) is 9.08. The predicted molar refractivity (Wildman–Crippen MR) is 117 cm³/mol. The summed E-state index contributed by atoms with van der Waals surface area (Å²) in [6.07, 6.45) is 0. The molecule has 11 heteroatoms. The van der Waals surface area contributed by atoms with Crippen molar-refractivity contribution < 1.29 is 14.6 Å². The molecule has 3 aromatic heterocycles. The lowest BCUT2D eigenvalue weighted by Crippen LogP contribution is -2.08. The summed E-state index contributed by atoms with van der Waals surface area (Å²) < 4.78 is 6.00. The number of benzene rings is 1. The van der Waals surface area contributed by atoms with Crippen molar-refractivity contribution in [3.63, 3.8) is 0 Å². The number of aliphatic hydroxyl groups excluding tert-OH is 1. The van der Waals surface area contributed by atoms with E-state index in [4.69, 9.17) is 4.74 Å². The lowest BCUT2D eigenvalue weighted by molar-refractivity contribution is 0.0520. The average molecular weight is 443 g/mol. The van der Waals surface area contributed by atoms with Crippen LogP contribution in [-0.2, 0) is 11.3 Å². The molecule has 0 saturated carbocycles. The quantitative estimate of drug-likeness (QED) is 0.364. The van der Waals surface area contributed by atoms with Crippen molar-refractivity contribution in [3.8, 4) is 0 Å². The molecule has 0 atom stereocenters. The van der Waals surface area contributed by atoms with Crippen LogP contribution in [0.25, 0.3) is 10.2 Å². The van der Waals surface area contributed by atoms with Crippen molar-refractivity contribution in [1.82, 2.24) is 20.2 Å². The molecule has 0 aliphatic carbocycles. The smallest absolute Gasteiger partial charge is 0.357 e. The number of carbonyl (C=O) groups is 1. The molecule has 0 aliphatic heterocycles. The Balaban J connectivity index is 1.57. The second kappa shape index (κ2) is 8.69. The van der Waals surface area contributed by atoms with Gasteiger partial charge in [0.25, 0.3) is 0 Å². The fourth-order valence-electron chi connectivity index (χ4n) is 2.73. The summed E-state index contributed by atoms with van der Waals surface area (Å²) >= 11 is 2.75. The zero-order valence-electron chi connectivity index (χ0n) is 16.2. The van der Waals surface area contributed by atoms with Crippen molar-refractivity contribution in [2.45, 2.75) is 20.5 Å². The van der Waals surface area contributed by atoms with Gasteiger partial charge in [0.15, 0.2) is 27.6 Å². The number of rotatable bonds is 7. The van der Waals surface area contributed by atoms with Gasteiger partial charge in [0.1, 0.15) is 0 Å². The second-order valence-electron chi connectivity index (χ2n) is 6.15. The first kappa shape index (κ1) is 20.1. The number of ether oxygens (including phenoxy) is 1. The summed E-state index contributed by atoms with van der Waals surface area (Å²) in [4.78, 5) is 20.5. The Labute approximate surface area is 179 Å². The van der Waals surface area contributed by atoms with Gasteiger partial charge in [-0.15, -0.1) is 21.5 Å². The number of esters is 1. The zero-order chi connectivity index (χ0) is 21.1. The van der Waals surface area contributed by atoms with Crippen LogP contribution in [0, 0.1) is 6.92 Å². The highest BCUT2D eigenvalue weighted by molar-refractivity contribution is 7.22. The molecule has 9 nitrogen and oxygen atoms in total. The summed E-state index contributed by atoms with van der Waals surface area (Å²) in [7, 11) is 0. The average Bonchev–Trinajstić information content (AvgIpc) is 3.37. The molecular formula is C19H18N6O3S2. The molecular weight excluding hydrogens is 424 g/mol. The number of aliphatic hydroxyl groups is 1. The van der Waals surface area contributed by atoms with Gasteiger partial charge >= 0.3 is 5.97 Å². The third-order valence-electron chi connectivity index (χ3n) is 4.24. The summed E-state index contributed by atoms with van der Waals surface area (Å²) in [6.45, 7) is 3.62. The minimum Gasteiger partial charge on any atom is -0.461 e. The number of nitrogens with zero attached hydrogens (tertiary/aromatic N) is 4. The second-order valence-corrected chi connectivity index (χ2v) is 8.04. The number of nitrogens with one attached hydrogen (secondary N) is 2. The molecule has 154 valence electrons. The molecule has 0 amide bonds. The predicted octanol–water partition coefficient (Wildman–Crippen LogP) is 4.01. The van der Waals surface area contributed by atoms with Crippen LogP contribution in [0.3, 0.4) is 0 Å². The minimum absolute atomic E-state index is 0.227. The number of aromatic nitrogens is 4. The highest BCUT2D eigenvalue weighted by atomic mass is 32.1. The SMILES string of the molecule is CCOC(=O)c1csc(Nc2nnc(Nc3nc4ccccc4s3)c(CO)c2C)n1. The standard InChI is InChI=1S/C19H18N6O3S2/c1-3-28-17(27)13-9-29-18(21-13)22-15-10(2)11(8-26)16(25-24-15)23-19-20-12-6-4-5-7-14(12)30-19/h4-7,9,26H,3,8H2,1-2H3,(H,20,23,25)(H,21,22,24). The first-order chi connectivity index (χ1) is 14.6. The van der Waals surface area contributed by atoms with Gasteiger partial charge in [0, 0.05) is 16.5 Å². The van der Waals surface area contributed by atoms with Crippen molar-refractivity contribution in [1.29, 1.82) is 0 Å². The Morgan fingerprint density at radius 1 is 1.13 bits per heavy atom. The van der Waals surface area contributed by atoms with Crippen LogP contribution in [0.15, 0.2) is 29.6 Å². The summed E-state index contributed by atoms with van der Waals surface area (Å²) in [6, 6.07) is 7.82. The summed E-state index contributed by atoms with van der Waals surface area (Å²) in [5.41, 5.74) is 2.42. The Hall–Kier alpha value is -3.15. The Bertz CT molecular complexity index is 1170. The molecule has 0 aliphatic rings. The number of fused-ring (bicyclic) bond motifs is 1. The van der Waals surface area contributed by atoms with E-state index in [-0.39, 0.29) is 18.9 Å². The number of hydrogen-bond donors (Lipinski definition) is 3. The Kier molecular flexibility index (Phi) is 5.84. The molecule has 0 radical (unpaired) electrons. The molecule has 0 fully saturated rings. The third kappa shape index (κ3) is 4.08. The molecule has 0 unspecified atom stereocenters. The highest BCUT2D eigenvalue weighted by Gasteiger charge is 2.17. The fraction of sp³-hybridized carbons (Fsp3) is 0.211. The largest absolute Gasteiger partial charge is 0.461 e. The van der Waals surface area contributed by atoms with Crippen molar-refractivity contribution in [2.24, 2.45) is 0 Å². The van der Waals surface area contributed by atoms with Gasteiger partial charge < -0.3 is 20.5 Å². The van der Waals surface area contributed by atoms with E-state index in [1.165, 1.54) is 22.7 Å². The maximum atomic E-state index is 11.8. The summed E-state index contributed by atoms with van der Waals surface area (Å²) in [5.74, 6) is 0.403. The van der Waals surface area contributed by atoms with E-state index in [0.717, 1.165) is 10.2 Å². The lowest BCUT2D eigenvalue weighted by atomic mass is 10.1. The molecule has 1 aromatic carbocycles. The topological polar surface area (TPSA) is 122 Å². The monoisotopic (exact) mass is 442 g/mol. The number of hydrogen-bond acceptors (Lipinski definition) is 11. The molecule has 0 bridgehead atoms. The first-order valence-corrected chi connectivity index (χ1v) is 10.8. The fourth-order valence-corrected chi connectivity index (χ4v) is 4.27. The van der Waals surface area contributed by atoms with Crippen LogP contribution in [0.5, 0.6) is 0 Å². The van der Waals surface area contributed by atoms with E-state index < -0.39 is 5.97 Å². The van der Waals surface area contributed by atoms with Crippen LogP contribution in [-0.4, -0.2) is 37.8 Å². The van der Waals surface area contributed by atoms with Crippen molar-refractivity contribution in [2.75, 3.05) is 17.2 Å². The van der Waals surface area contributed by atoms with Gasteiger partial charge in [-0.1, -0.05) is 23.5 Å². The lowest BCUT2D eigenvalue weighted by Gasteiger charge is -2.13. The maximum absolute atomic E-state index is 11.8. The number of thiazole rings is 2. The van der Waals surface area contributed by atoms with E-state index in [1.54, 1.807) is 12.3 Å². The van der Waals surface area contributed by atoms with Gasteiger partial charge in [0.2, 0.25) is 0 Å². The van der Waals surface area contributed by atoms with Crippen LogP contribution in [0.2, 0.25) is 0 Å². The van der Waals surface area contributed by atoms with Gasteiger partial charge in [-0.3, -0.25) is 0 Å². The Morgan fingerprint density at radius 2 is 1.90 bits per heavy atom. The number of carbonyl (C=O) groups excluding carboxylic acids is 1. The third-order valence-corrected chi connectivity index (χ3v) is 5.94. The van der Waals surface area contributed by atoms with Gasteiger partial charge in [-0.2, -0.15) is 0 Å². The zero-order valence-corrected chi connectivity index (χ0v) is 17.8. The molecule has 3 N–H and O–H groups in total. The summed E-state index contributed by atoms with van der Waals surface area (Å²) in [5, 5.41) is 27.3. The maximum Gasteiger partial charge on any atom is 0.357 e. The molecule has 4 rings (SSSR count).